The van der Waals surface area contributed by atoms with Gasteiger partial charge in [0.2, 0.25) is 0 Å². The van der Waals surface area contributed by atoms with Crippen LogP contribution in [0.1, 0.15) is 11.1 Å². The predicted octanol–water partition coefficient (Wildman–Crippen LogP) is 2.34. The summed E-state index contributed by atoms with van der Waals surface area (Å²) in [5.41, 5.74) is 3.88. The van der Waals surface area contributed by atoms with Gasteiger partial charge in [-0.05, 0) is 35.4 Å². The standard InChI is InChI=1S/C19H14N6O/c20-9-14-2-1-3-15(8-14)12-24-13-23-25(19(24)26)18-6-4-16(5-7-18)17-10-21-22-11-17/h1-8,10-11,13H,12H2,(H,21,22). The zero-order valence-electron chi connectivity index (χ0n) is 13.7. The summed E-state index contributed by atoms with van der Waals surface area (Å²) in [6.45, 7) is 0.363. The van der Waals surface area contributed by atoms with Crippen LogP contribution in [0, 0.1) is 11.3 Å². The number of rotatable bonds is 4. The highest BCUT2D eigenvalue weighted by molar-refractivity contribution is 5.62. The van der Waals surface area contributed by atoms with Crippen LogP contribution in [0.5, 0.6) is 0 Å². The molecule has 0 spiro atoms. The lowest BCUT2D eigenvalue weighted by Crippen LogP contribution is -2.24. The van der Waals surface area contributed by atoms with Gasteiger partial charge >= 0.3 is 5.69 Å². The lowest BCUT2D eigenvalue weighted by atomic mass is 10.1. The molecule has 0 aliphatic heterocycles. The summed E-state index contributed by atoms with van der Waals surface area (Å²) in [6, 6.07) is 16.8. The van der Waals surface area contributed by atoms with Gasteiger partial charge in [0, 0.05) is 11.8 Å². The molecule has 0 unspecified atom stereocenters. The fourth-order valence-corrected chi connectivity index (χ4v) is 2.76. The lowest BCUT2D eigenvalue weighted by Gasteiger charge is -2.03. The largest absolute Gasteiger partial charge is 0.350 e. The molecular weight excluding hydrogens is 328 g/mol. The molecular formula is C19H14N6O. The van der Waals surface area contributed by atoms with Gasteiger partial charge in [-0.1, -0.05) is 24.3 Å². The Kier molecular flexibility index (Phi) is 3.92. The first-order valence-electron chi connectivity index (χ1n) is 7.98. The molecule has 0 fully saturated rings. The highest BCUT2D eigenvalue weighted by Crippen LogP contribution is 2.18. The maximum atomic E-state index is 12.6. The van der Waals surface area contributed by atoms with Gasteiger partial charge in [-0.15, -0.1) is 0 Å². The van der Waals surface area contributed by atoms with Crippen LogP contribution in [-0.2, 0) is 6.54 Å². The van der Waals surface area contributed by atoms with Crippen molar-refractivity contribution in [3.63, 3.8) is 0 Å². The molecule has 2 aromatic carbocycles. The molecule has 1 N–H and O–H groups in total. The van der Waals surface area contributed by atoms with E-state index in [-0.39, 0.29) is 5.69 Å². The van der Waals surface area contributed by atoms with E-state index in [4.69, 9.17) is 5.26 Å². The molecule has 4 rings (SSSR count). The molecule has 2 aromatic heterocycles. The van der Waals surface area contributed by atoms with Gasteiger partial charge in [-0.25, -0.2) is 4.79 Å². The number of nitriles is 1. The predicted molar refractivity (Wildman–Crippen MR) is 95.7 cm³/mol. The lowest BCUT2D eigenvalue weighted by molar-refractivity contribution is 0.738. The number of aromatic amines is 1. The van der Waals surface area contributed by atoms with E-state index in [1.165, 1.54) is 15.6 Å². The van der Waals surface area contributed by atoms with Crippen LogP contribution < -0.4 is 5.69 Å². The Morgan fingerprint density at radius 2 is 1.96 bits per heavy atom. The summed E-state index contributed by atoms with van der Waals surface area (Å²) in [4.78, 5) is 12.6. The third-order valence-electron chi connectivity index (χ3n) is 4.09. The Hall–Kier alpha value is -3.92. The van der Waals surface area contributed by atoms with Crippen molar-refractivity contribution in [2.75, 3.05) is 0 Å². The number of nitrogens with one attached hydrogen (secondary N) is 1. The second-order valence-corrected chi connectivity index (χ2v) is 5.80. The minimum Gasteiger partial charge on any atom is -0.285 e. The number of nitrogens with zero attached hydrogens (tertiary/aromatic N) is 5. The molecule has 0 bridgehead atoms. The van der Waals surface area contributed by atoms with Crippen molar-refractivity contribution in [2.24, 2.45) is 0 Å². The molecule has 0 atom stereocenters. The molecule has 0 aliphatic rings. The Labute approximate surface area is 148 Å². The Balaban J connectivity index is 1.61. The van der Waals surface area contributed by atoms with Crippen molar-refractivity contribution in [1.29, 1.82) is 5.26 Å². The van der Waals surface area contributed by atoms with Crippen LogP contribution in [0.15, 0.2) is 72.0 Å². The molecule has 0 amide bonds. The highest BCUT2D eigenvalue weighted by atomic mass is 16.2. The van der Waals surface area contributed by atoms with Gasteiger partial charge < -0.3 is 0 Å². The molecule has 4 aromatic rings. The monoisotopic (exact) mass is 342 g/mol. The Morgan fingerprint density at radius 1 is 1.12 bits per heavy atom. The number of benzene rings is 2. The quantitative estimate of drug-likeness (QED) is 0.616. The number of hydrogen-bond acceptors (Lipinski definition) is 4. The van der Waals surface area contributed by atoms with E-state index in [0.717, 1.165) is 16.7 Å². The smallest absolute Gasteiger partial charge is 0.285 e. The van der Waals surface area contributed by atoms with Gasteiger partial charge in [-0.2, -0.15) is 20.1 Å². The SMILES string of the molecule is N#Cc1cccc(Cn2cnn(-c3ccc(-c4cn[nH]c4)cc3)c2=O)c1. The molecule has 126 valence electrons. The second kappa shape index (κ2) is 6.53. The molecule has 26 heavy (non-hydrogen) atoms. The van der Waals surface area contributed by atoms with Gasteiger partial charge in [-0.3, -0.25) is 9.67 Å². The highest BCUT2D eigenvalue weighted by Gasteiger charge is 2.08. The van der Waals surface area contributed by atoms with Gasteiger partial charge in [0.05, 0.1) is 30.1 Å². The van der Waals surface area contributed by atoms with Crippen LogP contribution in [0.2, 0.25) is 0 Å². The summed E-state index contributed by atoms with van der Waals surface area (Å²) in [5.74, 6) is 0. The first-order chi connectivity index (χ1) is 12.7. The average molecular weight is 342 g/mol. The van der Waals surface area contributed by atoms with Crippen molar-refractivity contribution < 1.29 is 0 Å². The zero-order valence-corrected chi connectivity index (χ0v) is 13.7. The summed E-state index contributed by atoms with van der Waals surface area (Å²) >= 11 is 0. The molecule has 7 nitrogen and oxygen atoms in total. The van der Waals surface area contributed by atoms with Crippen molar-refractivity contribution in [1.82, 2.24) is 24.5 Å². The van der Waals surface area contributed by atoms with Crippen LogP contribution in [0.4, 0.5) is 0 Å². The normalized spacial score (nSPS) is 10.6. The number of H-pyrrole nitrogens is 1. The van der Waals surface area contributed by atoms with Gasteiger partial charge in [0.15, 0.2) is 0 Å². The molecule has 0 saturated heterocycles. The zero-order chi connectivity index (χ0) is 17.9. The summed E-state index contributed by atoms with van der Waals surface area (Å²) in [6.07, 6.45) is 5.06. The van der Waals surface area contributed by atoms with Crippen molar-refractivity contribution in [3.05, 3.63) is 88.9 Å². The number of hydrogen-bond donors (Lipinski definition) is 1. The van der Waals surface area contributed by atoms with Crippen molar-refractivity contribution in [3.8, 4) is 22.9 Å². The first kappa shape index (κ1) is 15.6. The van der Waals surface area contributed by atoms with E-state index < -0.39 is 0 Å². The fourth-order valence-electron chi connectivity index (χ4n) is 2.76. The maximum absolute atomic E-state index is 12.6. The Bertz CT molecular complexity index is 1130. The molecule has 0 radical (unpaired) electrons. The van der Waals surface area contributed by atoms with E-state index in [1.54, 1.807) is 24.4 Å². The van der Waals surface area contributed by atoms with Gasteiger partial charge in [0.25, 0.3) is 0 Å². The maximum Gasteiger partial charge on any atom is 0.350 e. The first-order valence-corrected chi connectivity index (χ1v) is 7.98. The van der Waals surface area contributed by atoms with E-state index in [9.17, 15) is 4.79 Å². The third-order valence-corrected chi connectivity index (χ3v) is 4.09. The van der Waals surface area contributed by atoms with Crippen LogP contribution >= 0.6 is 0 Å². The molecule has 0 saturated carbocycles. The third kappa shape index (κ3) is 2.91. The van der Waals surface area contributed by atoms with Crippen molar-refractivity contribution >= 4 is 0 Å². The van der Waals surface area contributed by atoms with E-state index in [0.29, 0.717) is 17.8 Å². The molecule has 7 heteroatoms. The summed E-state index contributed by atoms with van der Waals surface area (Å²) in [5, 5.41) is 19.9. The van der Waals surface area contributed by atoms with Crippen LogP contribution in [0.3, 0.4) is 0 Å². The minimum atomic E-state index is -0.233. The van der Waals surface area contributed by atoms with Crippen molar-refractivity contribution in [2.45, 2.75) is 6.54 Å². The fraction of sp³-hybridized carbons (Fsp3) is 0.0526. The van der Waals surface area contributed by atoms with Crippen LogP contribution in [0.25, 0.3) is 16.8 Å². The summed E-state index contributed by atoms with van der Waals surface area (Å²) < 4.78 is 2.87. The van der Waals surface area contributed by atoms with Gasteiger partial charge in [0.1, 0.15) is 6.33 Å². The molecule has 2 heterocycles. The molecule has 0 aliphatic carbocycles. The minimum absolute atomic E-state index is 0.233. The summed E-state index contributed by atoms with van der Waals surface area (Å²) in [7, 11) is 0. The van der Waals surface area contributed by atoms with E-state index >= 15 is 0 Å². The van der Waals surface area contributed by atoms with Crippen LogP contribution in [-0.4, -0.2) is 24.5 Å². The average Bonchev–Trinajstić information content (AvgIpc) is 3.33. The second-order valence-electron chi connectivity index (χ2n) is 5.80. The van der Waals surface area contributed by atoms with E-state index in [2.05, 4.69) is 21.4 Å². The number of aromatic nitrogens is 5. The Morgan fingerprint density at radius 3 is 2.69 bits per heavy atom. The topological polar surface area (TPSA) is 92.3 Å². The van der Waals surface area contributed by atoms with E-state index in [1.807, 2.05) is 36.5 Å².